The largest absolute Gasteiger partial charge is 0.472 e. The van der Waals surface area contributed by atoms with Crippen LogP contribution in [0.25, 0.3) is 0 Å². The van der Waals surface area contributed by atoms with E-state index in [0.717, 1.165) is 21.2 Å². The number of hydrogen-bond acceptors (Lipinski definition) is 7. The lowest BCUT2D eigenvalue weighted by Gasteiger charge is -2.44. The first-order valence-corrected chi connectivity index (χ1v) is 12.9. The van der Waals surface area contributed by atoms with E-state index < -0.39 is 27.8 Å². The Labute approximate surface area is 201 Å². The zero-order valence-corrected chi connectivity index (χ0v) is 21.9. The Bertz CT molecular complexity index is 965. The number of alkyl halides is 2. The summed E-state index contributed by atoms with van der Waals surface area (Å²) in [6.45, 7) is 10.1. The van der Waals surface area contributed by atoms with Gasteiger partial charge in [0.1, 0.15) is 17.5 Å². The second-order valence-electron chi connectivity index (χ2n) is 10.2. The quantitative estimate of drug-likeness (QED) is 0.588. The average molecular weight is 506 g/mol. The van der Waals surface area contributed by atoms with Gasteiger partial charge in [0.05, 0.1) is 13.2 Å². The Morgan fingerprint density at radius 3 is 2.35 bits per heavy atom. The fourth-order valence-corrected chi connectivity index (χ4v) is 5.28. The number of aromatic nitrogens is 1. The van der Waals surface area contributed by atoms with Crippen molar-refractivity contribution in [2.45, 2.75) is 58.2 Å². The van der Waals surface area contributed by atoms with E-state index in [9.17, 15) is 17.2 Å². The van der Waals surface area contributed by atoms with Crippen LogP contribution in [0.3, 0.4) is 0 Å². The second-order valence-corrected chi connectivity index (χ2v) is 12.3. The molecule has 1 unspecified atom stereocenters. The molecule has 0 amide bonds. The molecule has 2 aliphatic heterocycles. The number of anilines is 2. The molecule has 0 saturated carbocycles. The molecule has 9 nitrogen and oxygen atoms in total. The molecule has 0 N–H and O–H groups in total. The van der Waals surface area contributed by atoms with Gasteiger partial charge >= 0.3 is 0 Å². The van der Waals surface area contributed by atoms with Crippen molar-refractivity contribution in [3.63, 3.8) is 0 Å². The number of nitrogens with zero attached hydrogens (tertiary/aromatic N) is 5. The average Bonchev–Trinajstić information content (AvgIpc) is 2.71. The van der Waals surface area contributed by atoms with E-state index in [-0.39, 0.29) is 25.7 Å². The van der Waals surface area contributed by atoms with Crippen molar-refractivity contribution in [2.75, 3.05) is 63.3 Å². The maximum Gasteiger partial charge on any atom is 0.281 e. The molecule has 2 saturated heterocycles. The van der Waals surface area contributed by atoms with Crippen LogP contribution >= 0.6 is 0 Å². The lowest BCUT2D eigenvalue weighted by Crippen LogP contribution is -2.62. The Hall–Kier alpha value is -1.76. The van der Waals surface area contributed by atoms with E-state index in [1.54, 1.807) is 6.07 Å². The van der Waals surface area contributed by atoms with Gasteiger partial charge in [0, 0.05) is 71.1 Å². The van der Waals surface area contributed by atoms with Crippen LogP contribution in [0.2, 0.25) is 0 Å². The first-order valence-electron chi connectivity index (χ1n) is 11.5. The van der Waals surface area contributed by atoms with Gasteiger partial charge < -0.3 is 19.3 Å². The summed E-state index contributed by atoms with van der Waals surface area (Å²) in [6.07, 6.45) is 0. The van der Waals surface area contributed by atoms with Crippen LogP contribution in [0.5, 0.6) is 5.88 Å². The van der Waals surface area contributed by atoms with Gasteiger partial charge in [-0.3, -0.25) is 0 Å². The van der Waals surface area contributed by atoms with Gasteiger partial charge in [-0.05, 0) is 27.7 Å². The number of halogens is 2. The van der Waals surface area contributed by atoms with Crippen LogP contribution in [-0.4, -0.2) is 99.1 Å². The second kappa shape index (κ2) is 9.71. The summed E-state index contributed by atoms with van der Waals surface area (Å²) in [5, 5.41) is 0. The van der Waals surface area contributed by atoms with Gasteiger partial charge in [-0.15, -0.1) is 0 Å². The number of rotatable bonds is 6. The third-order valence-corrected chi connectivity index (χ3v) is 7.80. The molecule has 12 heteroatoms. The fraction of sp³-hybridized carbons (Fsp3) is 0.773. The third kappa shape index (κ3) is 6.07. The number of ether oxygens (including phenoxy) is 2. The molecule has 0 aliphatic carbocycles. The van der Waals surface area contributed by atoms with Crippen molar-refractivity contribution >= 4 is 21.7 Å². The molecule has 194 valence electrons. The van der Waals surface area contributed by atoms with Crippen molar-refractivity contribution in [2.24, 2.45) is 0 Å². The van der Waals surface area contributed by atoms with Gasteiger partial charge in [-0.2, -0.15) is 22.0 Å². The molecule has 3 rings (SSSR count). The molecule has 3 heterocycles. The number of pyridine rings is 1. The molecular weight excluding hydrogens is 468 g/mol. The van der Waals surface area contributed by atoms with Crippen molar-refractivity contribution in [1.82, 2.24) is 13.6 Å². The Kier molecular flexibility index (Phi) is 7.66. The van der Waals surface area contributed by atoms with Gasteiger partial charge in [0.25, 0.3) is 16.1 Å². The molecule has 1 aromatic rings. The summed E-state index contributed by atoms with van der Waals surface area (Å²) in [5.74, 6) is -2.50. The predicted octanol–water partition coefficient (Wildman–Crippen LogP) is 2.44. The lowest BCUT2D eigenvalue weighted by atomic mass is 10.1. The van der Waals surface area contributed by atoms with Crippen molar-refractivity contribution in [1.29, 1.82) is 0 Å². The highest BCUT2D eigenvalue weighted by molar-refractivity contribution is 7.86. The van der Waals surface area contributed by atoms with E-state index in [4.69, 9.17) is 9.47 Å². The van der Waals surface area contributed by atoms with Crippen LogP contribution in [0.1, 0.15) is 34.6 Å². The molecule has 0 aromatic carbocycles. The van der Waals surface area contributed by atoms with Crippen LogP contribution < -0.4 is 14.5 Å². The van der Waals surface area contributed by atoms with E-state index in [1.165, 1.54) is 19.0 Å². The minimum Gasteiger partial charge on any atom is -0.472 e. The van der Waals surface area contributed by atoms with Gasteiger partial charge in [-0.1, -0.05) is 0 Å². The highest BCUT2D eigenvalue weighted by atomic mass is 32.2. The topological polar surface area (TPSA) is 78.5 Å². The molecule has 2 aliphatic rings. The normalized spacial score (nSPS) is 23.5. The van der Waals surface area contributed by atoms with Crippen molar-refractivity contribution < 1.29 is 26.7 Å². The summed E-state index contributed by atoms with van der Waals surface area (Å²) in [4.78, 5) is 8.24. The van der Waals surface area contributed by atoms with E-state index in [0.29, 0.717) is 31.5 Å². The van der Waals surface area contributed by atoms with Crippen LogP contribution in [0.4, 0.5) is 20.3 Å². The third-order valence-electron chi connectivity index (χ3n) is 5.89. The fourth-order valence-electron chi connectivity index (χ4n) is 4.17. The zero-order chi connectivity index (χ0) is 25.5. The standard InChI is InChI=1S/C22H37F2N5O4S/c1-16-15-32-11-10-28(16)17-12-19(25-20(13-17)33-21(2,3)4)29-9-8-27(34(30,31)26(6)7)14-18(29)22(5,23)24/h12-13,16,18H,8-11,14-15H2,1-7H3/t16-,18?/m1/s1. The summed E-state index contributed by atoms with van der Waals surface area (Å²) in [7, 11) is -1.04. The summed E-state index contributed by atoms with van der Waals surface area (Å²) >= 11 is 0. The molecule has 0 bridgehead atoms. The van der Waals surface area contributed by atoms with Crippen molar-refractivity contribution in [3.05, 3.63) is 12.1 Å². The summed E-state index contributed by atoms with van der Waals surface area (Å²) in [6, 6.07) is 2.31. The van der Waals surface area contributed by atoms with Crippen LogP contribution in [-0.2, 0) is 14.9 Å². The van der Waals surface area contributed by atoms with Crippen molar-refractivity contribution in [3.8, 4) is 5.88 Å². The molecule has 2 fully saturated rings. The minimum atomic E-state index is -3.82. The van der Waals surface area contributed by atoms with Gasteiger partial charge in [0.15, 0.2) is 0 Å². The Morgan fingerprint density at radius 2 is 1.79 bits per heavy atom. The van der Waals surface area contributed by atoms with Gasteiger partial charge in [-0.25, -0.2) is 8.78 Å². The van der Waals surface area contributed by atoms with E-state index >= 15 is 0 Å². The Morgan fingerprint density at radius 1 is 1.12 bits per heavy atom. The number of hydrogen-bond donors (Lipinski definition) is 0. The van der Waals surface area contributed by atoms with E-state index in [1.807, 2.05) is 33.8 Å². The van der Waals surface area contributed by atoms with Crippen LogP contribution in [0, 0.1) is 0 Å². The summed E-state index contributed by atoms with van der Waals surface area (Å²) < 4.78 is 68.7. The number of morpholine rings is 1. The predicted molar refractivity (Wildman–Crippen MR) is 128 cm³/mol. The monoisotopic (exact) mass is 505 g/mol. The zero-order valence-electron chi connectivity index (χ0n) is 21.1. The first kappa shape index (κ1) is 26.8. The lowest BCUT2D eigenvalue weighted by molar-refractivity contribution is -0.0190. The highest BCUT2D eigenvalue weighted by Crippen LogP contribution is 2.35. The van der Waals surface area contributed by atoms with Crippen LogP contribution in [0.15, 0.2) is 12.1 Å². The molecule has 34 heavy (non-hydrogen) atoms. The molecule has 1 aromatic heterocycles. The first-order chi connectivity index (χ1) is 15.6. The summed E-state index contributed by atoms with van der Waals surface area (Å²) in [5.41, 5.74) is 0.271. The molecule has 2 atom stereocenters. The smallest absolute Gasteiger partial charge is 0.281 e. The SMILES string of the molecule is C[C@@H]1COCCN1c1cc(OC(C)(C)C)nc(N2CCN(S(=O)(=O)N(C)C)CC2C(C)(F)F)c1. The number of piperazine rings is 1. The molecule has 0 spiro atoms. The Balaban J connectivity index is 2.03. The highest BCUT2D eigenvalue weighted by Gasteiger charge is 2.46. The minimum absolute atomic E-state index is 0.0718. The maximum absolute atomic E-state index is 14.8. The molecule has 0 radical (unpaired) electrons. The van der Waals surface area contributed by atoms with E-state index in [2.05, 4.69) is 9.88 Å². The maximum atomic E-state index is 14.8. The van der Waals surface area contributed by atoms with Gasteiger partial charge in [0.2, 0.25) is 5.88 Å². The molecular formula is C22H37F2N5O4S.